The van der Waals surface area contributed by atoms with Gasteiger partial charge >= 0.3 is 6.03 Å². The molecule has 0 aromatic rings. The van der Waals surface area contributed by atoms with E-state index < -0.39 is 5.54 Å². The van der Waals surface area contributed by atoms with E-state index in [1.54, 1.807) is 0 Å². The number of carbonyl (C=O) groups excluding carboxylic acids is 3. The molecule has 1 spiro atoms. The van der Waals surface area contributed by atoms with Gasteiger partial charge in [0.25, 0.3) is 5.91 Å². The average molecular weight is 405 g/mol. The number of carbonyl (C=O) groups is 3. The molecular weight excluding hydrogens is 368 g/mol. The molecule has 4 aliphatic rings. The fraction of sp³-hybridized carbons (Fsp3) is 0.864. The Kier molecular flexibility index (Phi) is 6.42. The van der Waals surface area contributed by atoms with Gasteiger partial charge in [0.2, 0.25) is 5.91 Å². The summed E-state index contributed by atoms with van der Waals surface area (Å²) in [5.74, 6) is 0.772. The van der Waals surface area contributed by atoms with Gasteiger partial charge in [-0.25, -0.2) is 4.79 Å². The quantitative estimate of drug-likeness (QED) is 0.714. The molecule has 0 bridgehead atoms. The van der Waals surface area contributed by atoms with Crippen molar-refractivity contribution in [2.24, 2.45) is 5.92 Å². The first-order valence-corrected chi connectivity index (χ1v) is 11.7. The van der Waals surface area contributed by atoms with Crippen molar-refractivity contribution in [2.45, 2.75) is 76.2 Å². The molecule has 1 N–H and O–H groups in total. The first-order chi connectivity index (χ1) is 14.1. The summed E-state index contributed by atoms with van der Waals surface area (Å²) < 4.78 is 0. The lowest BCUT2D eigenvalue weighted by Crippen LogP contribution is -2.44. The third-order valence-electron chi connectivity index (χ3n) is 7.43. The molecule has 7 heteroatoms. The molecule has 4 fully saturated rings. The largest absolute Gasteiger partial charge is 0.341 e. The second kappa shape index (κ2) is 9.02. The Morgan fingerprint density at radius 2 is 1.69 bits per heavy atom. The number of nitrogens with one attached hydrogen (secondary N) is 1. The van der Waals surface area contributed by atoms with Crippen LogP contribution in [0, 0.1) is 5.92 Å². The number of imide groups is 1. The molecule has 2 heterocycles. The molecule has 2 saturated heterocycles. The van der Waals surface area contributed by atoms with Gasteiger partial charge in [-0.1, -0.05) is 32.1 Å². The van der Waals surface area contributed by atoms with Crippen LogP contribution in [-0.4, -0.2) is 77.4 Å². The van der Waals surface area contributed by atoms with Crippen molar-refractivity contribution in [3.8, 4) is 0 Å². The highest BCUT2D eigenvalue weighted by Crippen LogP contribution is 2.35. The van der Waals surface area contributed by atoms with Crippen LogP contribution in [0.4, 0.5) is 4.79 Å². The number of nitrogens with zero attached hydrogens (tertiary/aromatic N) is 3. The maximum Gasteiger partial charge on any atom is 0.325 e. The molecule has 7 nitrogen and oxygen atoms in total. The highest BCUT2D eigenvalue weighted by Gasteiger charge is 2.52. The van der Waals surface area contributed by atoms with E-state index in [4.69, 9.17) is 0 Å². The predicted molar refractivity (Wildman–Crippen MR) is 110 cm³/mol. The Labute approximate surface area is 174 Å². The van der Waals surface area contributed by atoms with Crippen LogP contribution in [-0.2, 0) is 9.59 Å². The number of urea groups is 1. The minimum absolute atomic E-state index is 0.0671. The summed E-state index contributed by atoms with van der Waals surface area (Å²) in [6, 6.07) is -0.320. The first-order valence-electron chi connectivity index (χ1n) is 11.7. The fourth-order valence-corrected chi connectivity index (χ4v) is 5.70. The number of amides is 4. The van der Waals surface area contributed by atoms with Crippen molar-refractivity contribution < 1.29 is 14.4 Å². The van der Waals surface area contributed by atoms with E-state index in [1.165, 1.54) is 43.5 Å². The van der Waals surface area contributed by atoms with Gasteiger partial charge in [-0.2, -0.15) is 0 Å². The van der Waals surface area contributed by atoms with Crippen LogP contribution in [0.3, 0.4) is 0 Å². The van der Waals surface area contributed by atoms with Crippen molar-refractivity contribution in [2.75, 3.05) is 39.3 Å². The molecule has 2 saturated carbocycles. The van der Waals surface area contributed by atoms with E-state index in [0.717, 1.165) is 64.2 Å². The second-order valence-electron chi connectivity index (χ2n) is 9.47. The van der Waals surface area contributed by atoms with Crippen LogP contribution < -0.4 is 5.32 Å². The van der Waals surface area contributed by atoms with E-state index >= 15 is 0 Å². The highest BCUT2D eigenvalue weighted by atomic mass is 16.2. The maximum atomic E-state index is 12.8. The van der Waals surface area contributed by atoms with Crippen LogP contribution in [0.15, 0.2) is 0 Å². The molecule has 0 radical (unpaired) electrons. The number of hydrogen-bond donors (Lipinski definition) is 1. The maximum absolute atomic E-state index is 12.8. The summed E-state index contributed by atoms with van der Waals surface area (Å²) in [7, 11) is 0. The Morgan fingerprint density at radius 3 is 2.45 bits per heavy atom. The molecule has 2 aliphatic carbocycles. The molecular formula is C22H36N4O3. The van der Waals surface area contributed by atoms with Gasteiger partial charge in [-0.15, -0.1) is 0 Å². The molecule has 4 rings (SSSR count). The smallest absolute Gasteiger partial charge is 0.325 e. The standard InChI is InChI=1S/C22H36N4O3/c27-19(9-14-26-20(28)22(23-21(26)29)10-4-5-11-22)25-13-6-12-24(15-16-25)17-18-7-2-1-3-8-18/h18H,1-17H2,(H,23,29). The predicted octanol–water partition coefficient (Wildman–Crippen LogP) is 2.36. The highest BCUT2D eigenvalue weighted by molar-refractivity contribution is 6.07. The third kappa shape index (κ3) is 4.60. The Morgan fingerprint density at radius 1 is 0.931 bits per heavy atom. The minimum Gasteiger partial charge on any atom is -0.341 e. The molecule has 29 heavy (non-hydrogen) atoms. The summed E-state index contributed by atoms with van der Waals surface area (Å²) in [5.41, 5.74) is -0.678. The fourth-order valence-electron chi connectivity index (χ4n) is 5.70. The van der Waals surface area contributed by atoms with E-state index in [2.05, 4.69) is 10.2 Å². The lowest BCUT2D eigenvalue weighted by Gasteiger charge is -2.29. The SMILES string of the molecule is O=C(CCN1C(=O)NC2(CCCC2)C1=O)N1CCCN(CC2CCCCC2)CC1. The van der Waals surface area contributed by atoms with Crippen LogP contribution in [0.2, 0.25) is 0 Å². The Hall–Kier alpha value is -1.63. The van der Waals surface area contributed by atoms with E-state index in [9.17, 15) is 14.4 Å². The molecule has 0 unspecified atom stereocenters. The van der Waals surface area contributed by atoms with Crippen molar-refractivity contribution >= 4 is 17.8 Å². The molecule has 4 amide bonds. The lowest BCUT2D eigenvalue weighted by atomic mass is 9.89. The summed E-state index contributed by atoms with van der Waals surface area (Å²) in [6.07, 6.45) is 11.5. The molecule has 162 valence electrons. The van der Waals surface area contributed by atoms with E-state index in [1.807, 2.05) is 4.90 Å². The lowest BCUT2D eigenvalue weighted by molar-refractivity contribution is -0.133. The summed E-state index contributed by atoms with van der Waals surface area (Å²) in [4.78, 5) is 43.5. The molecule has 0 aromatic heterocycles. The minimum atomic E-state index is -0.678. The van der Waals surface area contributed by atoms with Gasteiger partial charge in [-0.3, -0.25) is 14.5 Å². The van der Waals surface area contributed by atoms with Crippen LogP contribution in [0.5, 0.6) is 0 Å². The van der Waals surface area contributed by atoms with E-state index in [0.29, 0.717) is 0 Å². The van der Waals surface area contributed by atoms with E-state index in [-0.39, 0.29) is 30.8 Å². The zero-order valence-corrected chi connectivity index (χ0v) is 17.7. The van der Waals surface area contributed by atoms with Crippen LogP contribution in [0.1, 0.15) is 70.6 Å². The number of rotatable bonds is 5. The van der Waals surface area contributed by atoms with Crippen LogP contribution in [0.25, 0.3) is 0 Å². The van der Waals surface area contributed by atoms with Gasteiger partial charge in [0, 0.05) is 39.1 Å². The van der Waals surface area contributed by atoms with Crippen molar-refractivity contribution in [1.82, 2.24) is 20.0 Å². The summed E-state index contributed by atoms with van der Waals surface area (Å²) in [6.45, 7) is 4.92. The monoisotopic (exact) mass is 404 g/mol. The summed E-state index contributed by atoms with van der Waals surface area (Å²) >= 11 is 0. The zero-order chi connectivity index (χ0) is 20.3. The van der Waals surface area contributed by atoms with Crippen LogP contribution >= 0.6 is 0 Å². The second-order valence-corrected chi connectivity index (χ2v) is 9.47. The van der Waals surface area contributed by atoms with Crippen molar-refractivity contribution in [3.05, 3.63) is 0 Å². The van der Waals surface area contributed by atoms with Gasteiger partial charge in [-0.05, 0) is 44.6 Å². The average Bonchev–Trinajstić information content (AvgIpc) is 3.18. The van der Waals surface area contributed by atoms with Gasteiger partial charge < -0.3 is 15.1 Å². The first kappa shape index (κ1) is 20.6. The summed E-state index contributed by atoms with van der Waals surface area (Å²) in [5, 5.41) is 2.89. The van der Waals surface area contributed by atoms with Gasteiger partial charge in [0.1, 0.15) is 5.54 Å². The topological polar surface area (TPSA) is 73.0 Å². The zero-order valence-electron chi connectivity index (χ0n) is 17.7. The van der Waals surface area contributed by atoms with Gasteiger partial charge in [0.05, 0.1) is 0 Å². The molecule has 0 aromatic carbocycles. The Balaban J connectivity index is 1.23. The third-order valence-corrected chi connectivity index (χ3v) is 7.43. The number of hydrogen-bond acceptors (Lipinski definition) is 4. The molecule has 2 aliphatic heterocycles. The van der Waals surface area contributed by atoms with Crippen molar-refractivity contribution in [3.63, 3.8) is 0 Å². The normalized spacial score (nSPS) is 26.2. The molecule has 0 atom stereocenters. The van der Waals surface area contributed by atoms with Crippen molar-refractivity contribution in [1.29, 1.82) is 0 Å². The Bertz CT molecular complexity index is 626. The van der Waals surface area contributed by atoms with Gasteiger partial charge in [0.15, 0.2) is 0 Å².